The normalized spacial score (nSPS) is 18.6. The van der Waals surface area contributed by atoms with Crippen molar-refractivity contribution in [3.05, 3.63) is 0 Å². The van der Waals surface area contributed by atoms with Gasteiger partial charge < -0.3 is 20.7 Å². The lowest BCUT2D eigenvalue weighted by Crippen LogP contribution is -2.45. The quantitative estimate of drug-likeness (QED) is 0.205. The van der Waals surface area contributed by atoms with Crippen LogP contribution in [0.3, 0.4) is 0 Å². The molecule has 0 spiro atoms. The summed E-state index contributed by atoms with van der Waals surface area (Å²) < 4.78 is 42.0. The predicted octanol–water partition coefficient (Wildman–Crippen LogP) is 0.559. The molecule has 1 atom stereocenters. The first-order valence-corrected chi connectivity index (χ1v) is 7.93. The van der Waals surface area contributed by atoms with E-state index in [2.05, 4.69) is 20.9 Å². The van der Waals surface area contributed by atoms with Crippen LogP contribution in [0.25, 0.3) is 0 Å². The number of carbonyl (C=O) groups is 1. The third-order valence-corrected chi connectivity index (χ3v) is 3.37. The molecule has 0 bridgehead atoms. The van der Waals surface area contributed by atoms with Gasteiger partial charge in [-0.05, 0) is 13.3 Å². The molecule has 1 fully saturated rings. The van der Waals surface area contributed by atoms with Crippen LogP contribution in [0.1, 0.15) is 13.3 Å². The molecule has 0 aromatic rings. The summed E-state index contributed by atoms with van der Waals surface area (Å²) in [5.41, 5.74) is 0. The average molecular weight is 481 g/mol. The van der Waals surface area contributed by atoms with Crippen LogP contribution < -0.4 is 16.0 Å². The summed E-state index contributed by atoms with van der Waals surface area (Å²) in [5.74, 6) is 0.188. The second kappa shape index (κ2) is 12.5. The molecule has 0 aromatic heterocycles. The SMILES string of the molecule is CCNC(=NCC(=O)NCCOC)NC1CCN(CC(F)(F)F)C1.I. The smallest absolute Gasteiger partial charge is 0.383 e. The molecule has 7 nitrogen and oxygen atoms in total. The minimum atomic E-state index is -4.19. The standard InChI is InChI=1S/C14H26F3N5O2.HI/c1-3-18-13(20-8-12(23)19-5-7-24-2)21-11-4-6-22(9-11)10-14(15,16)17;/h11H,3-10H2,1-2H3,(H,19,23)(H2,18,20,21);1H. The van der Waals surface area contributed by atoms with Gasteiger partial charge in [0, 0.05) is 39.3 Å². The second-order valence-electron chi connectivity index (χ2n) is 5.52. The number of aliphatic imine (C=N–C) groups is 1. The maximum Gasteiger partial charge on any atom is 0.401 e. The summed E-state index contributed by atoms with van der Waals surface area (Å²) in [5, 5.41) is 8.72. The Morgan fingerprint density at radius 3 is 2.68 bits per heavy atom. The number of carbonyl (C=O) groups excluding carboxylic acids is 1. The number of halogens is 4. The fraction of sp³-hybridized carbons (Fsp3) is 0.857. The molecule has 0 aliphatic carbocycles. The number of likely N-dealkylation sites (tertiary alicyclic amines) is 1. The van der Waals surface area contributed by atoms with E-state index in [1.807, 2.05) is 6.92 Å². The number of rotatable bonds is 8. The average Bonchev–Trinajstić information content (AvgIpc) is 2.90. The molecule has 25 heavy (non-hydrogen) atoms. The highest BCUT2D eigenvalue weighted by Crippen LogP contribution is 2.19. The first-order chi connectivity index (χ1) is 11.3. The largest absolute Gasteiger partial charge is 0.401 e. The van der Waals surface area contributed by atoms with E-state index < -0.39 is 12.7 Å². The van der Waals surface area contributed by atoms with Crippen LogP contribution in [0.15, 0.2) is 4.99 Å². The van der Waals surface area contributed by atoms with Crippen LogP contribution >= 0.6 is 24.0 Å². The minimum absolute atomic E-state index is 0. The number of nitrogens with one attached hydrogen (secondary N) is 3. The van der Waals surface area contributed by atoms with Gasteiger partial charge in [-0.3, -0.25) is 9.69 Å². The number of amides is 1. The van der Waals surface area contributed by atoms with Gasteiger partial charge in [-0.15, -0.1) is 24.0 Å². The van der Waals surface area contributed by atoms with Gasteiger partial charge in [0.2, 0.25) is 5.91 Å². The van der Waals surface area contributed by atoms with Gasteiger partial charge in [-0.2, -0.15) is 13.2 Å². The number of hydrogen-bond donors (Lipinski definition) is 3. The van der Waals surface area contributed by atoms with Crippen molar-refractivity contribution in [3.8, 4) is 0 Å². The lowest BCUT2D eigenvalue weighted by molar-refractivity contribution is -0.143. The number of methoxy groups -OCH3 is 1. The van der Waals surface area contributed by atoms with E-state index in [0.29, 0.717) is 45.2 Å². The third-order valence-electron chi connectivity index (χ3n) is 3.37. The summed E-state index contributed by atoms with van der Waals surface area (Å²) in [7, 11) is 1.54. The zero-order valence-electron chi connectivity index (χ0n) is 14.5. The summed E-state index contributed by atoms with van der Waals surface area (Å²) in [6, 6.07) is -0.123. The molecule has 1 rings (SSSR count). The second-order valence-corrected chi connectivity index (χ2v) is 5.52. The van der Waals surface area contributed by atoms with Crippen molar-refractivity contribution in [2.45, 2.75) is 25.6 Å². The van der Waals surface area contributed by atoms with Crippen molar-refractivity contribution in [3.63, 3.8) is 0 Å². The number of alkyl halides is 3. The van der Waals surface area contributed by atoms with E-state index in [1.54, 1.807) is 7.11 Å². The van der Waals surface area contributed by atoms with Crippen molar-refractivity contribution in [1.29, 1.82) is 0 Å². The Balaban J connectivity index is 0.00000576. The highest BCUT2D eigenvalue weighted by atomic mass is 127. The zero-order chi connectivity index (χ0) is 18.0. The lowest BCUT2D eigenvalue weighted by Gasteiger charge is -2.19. The first kappa shape index (κ1) is 24.2. The van der Waals surface area contributed by atoms with Gasteiger partial charge in [0.25, 0.3) is 0 Å². The maximum atomic E-state index is 12.4. The molecule has 11 heteroatoms. The van der Waals surface area contributed by atoms with Crippen LogP contribution in [0.4, 0.5) is 13.2 Å². The van der Waals surface area contributed by atoms with Gasteiger partial charge in [0.15, 0.2) is 5.96 Å². The van der Waals surface area contributed by atoms with Crippen molar-refractivity contribution < 1.29 is 22.7 Å². The van der Waals surface area contributed by atoms with E-state index in [-0.39, 0.29) is 42.5 Å². The third kappa shape index (κ3) is 11.4. The number of hydrogen-bond acceptors (Lipinski definition) is 4. The lowest BCUT2D eigenvalue weighted by atomic mass is 10.3. The van der Waals surface area contributed by atoms with Crippen LogP contribution in [0.2, 0.25) is 0 Å². The Labute approximate surface area is 163 Å². The molecule has 1 unspecified atom stereocenters. The van der Waals surface area contributed by atoms with E-state index in [9.17, 15) is 18.0 Å². The molecule has 1 aliphatic heterocycles. The Hall–Kier alpha value is -0.820. The molecule has 1 amide bonds. The maximum absolute atomic E-state index is 12.4. The fourth-order valence-corrected chi connectivity index (χ4v) is 2.36. The van der Waals surface area contributed by atoms with Crippen molar-refractivity contribution >= 4 is 35.8 Å². The van der Waals surface area contributed by atoms with Crippen molar-refractivity contribution in [2.75, 3.05) is 53.0 Å². The predicted molar refractivity (Wildman–Crippen MR) is 100 cm³/mol. The Bertz CT molecular complexity index is 424. The van der Waals surface area contributed by atoms with Crippen LogP contribution in [-0.4, -0.2) is 82.0 Å². The number of guanidine groups is 1. The highest BCUT2D eigenvalue weighted by Gasteiger charge is 2.34. The molecule has 0 aromatic carbocycles. The summed E-state index contributed by atoms with van der Waals surface area (Å²) in [4.78, 5) is 17.1. The zero-order valence-corrected chi connectivity index (χ0v) is 16.8. The Morgan fingerprint density at radius 2 is 2.08 bits per heavy atom. The van der Waals surface area contributed by atoms with Crippen molar-refractivity contribution in [1.82, 2.24) is 20.9 Å². The van der Waals surface area contributed by atoms with Crippen LogP contribution in [0.5, 0.6) is 0 Å². The molecule has 1 aliphatic rings. The molecule has 3 N–H and O–H groups in total. The summed E-state index contributed by atoms with van der Waals surface area (Å²) in [6.45, 7) is 3.02. The minimum Gasteiger partial charge on any atom is -0.383 e. The topological polar surface area (TPSA) is 78.0 Å². The van der Waals surface area contributed by atoms with Gasteiger partial charge in [0.1, 0.15) is 6.54 Å². The fourth-order valence-electron chi connectivity index (χ4n) is 2.36. The monoisotopic (exact) mass is 481 g/mol. The van der Waals surface area contributed by atoms with Gasteiger partial charge >= 0.3 is 6.18 Å². The van der Waals surface area contributed by atoms with Gasteiger partial charge in [-0.25, -0.2) is 4.99 Å². The van der Waals surface area contributed by atoms with Gasteiger partial charge in [-0.1, -0.05) is 0 Å². The molecule has 1 heterocycles. The highest BCUT2D eigenvalue weighted by molar-refractivity contribution is 14.0. The van der Waals surface area contributed by atoms with E-state index in [0.717, 1.165) is 0 Å². The molecule has 1 saturated heterocycles. The Kier molecular flexibility index (Phi) is 12.1. The first-order valence-electron chi connectivity index (χ1n) is 7.93. The molecule has 148 valence electrons. The molecular weight excluding hydrogens is 454 g/mol. The van der Waals surface area contributed by atoms with E-state index in [4.69, 9.17) is 4.74 Å². The van der Waals surface area contributed by atoms with Crippen molar-refractivity contribution in [2.24, 2.45) is 4.99 Å². The van der Waals surface area contributed by atoms with Gasteiger partial charge in [0.05, 0.1) is 13.2 Å². The number of nitrogens with zero attached hydrogens (tertiary/aromatic N) is 2. The summed E-state index contributed by atoms with van der Waals surface area (Å²) >= 11 is 0. The van der Waals surface area contributed by atoms with E-state index >= 15 is 0 Å². The van der Waals surface area contributed by atoms with Crippen LogP contribution in [-0.2, 0) is 9.53 Å². The number of ether oxygens (including phenoxy) is 1. The Morgan fingerprint density at radius 1 is 1.36 bits per heavy atom. The van der Waals surface area contributed by atoms with E-state index in [1.165, 1.54) is 4.90 Å². The molecule has 0 radical (unpaired) electrons. The van der Waals surface area contributed by atoms with Crippen LogP contribution in [0, 0.1) is 0 Å². The summed E-state index contributed by atoms with van der Waals surface area (Å²) in [6.07, 6.45) is -3.59. The molecule has 0 saturated carbocycles. The molecular formula is C14H27F3IN5O2.